The fourth-order valence-corrected chi connectivity index (χ4v) is 4.36. The van der Waals surface area contributed by atoms with Gasteiger partial charge in [0, 0.05) is 29.5 Å². The van der Waals surface area contributed by atoms with Gasteiger partial charge in [-0.25, -0.2) is 0 Å². The molecule has 0 aromatic heterocycles. The summed E-state index contributed by atoms with van der Waals surface area (Å²) in [5.41, 5.74) is 16.3. The molecule has 0 heterocycles. The van der Waals surface area contributed by atoms with Crippen molar-refractivity contribution < 1.29 is 90.0 Å². The molecule has 0 unspecified atom stereocenters. The van der Waals surface area contributed by atoms with Crippen molar-refractivity contribution in [1.82, 2.24) is 0 Å². The number of nitrogens with zero attached hydrogens (tertiary/aromatic N) is 6. The van der Waals surface area contributed by atoms with Crippen molar-refractivity contribution in [1.29, 1.82) is 0 Å². The zero-order valence-corrected chi connectivity index (χ0v) is 38.7. The lowest BCUT2D eigenvalue weighted by Crippen LogP contribution is -2.16. The summed E-state index contributed by atoms with van der Waals surface area (Å²) in [7, 11) is 0. The standard InChI is InChI=1S/C40H80N6O19/c41-45-43-2-6-47-4-1-5-64-40-65-39-38-63-37-36-62-35-34-61-33-32-60-31-30-59-29-28-58-27-26-57-25-24-56-23-22-55-21-20-54-19-18-53-17-16-52-15-14-51-13-12-50-11-10-49-9-8-48-7-3-44-46-42/h1-40H2. The first-order chi connectivity index (χ1) is 32.4. The van der Waals surface area contributed by atoms with Gasteiger partial charge in [-0.05, 0) is 17.5 Å². The van der Waals surface area contributed by atoms with Gasteiger partial charge < -0.3 is 90.0 Å². The van der Waals surface area contributed by atoms with Gasteiger partial charge in [0.2, 0.25) is 0 Å². The lowest BCUT2D eigenvalue weighted by atomic mass is 10.5. The number of azide groups is 2. The highest BCUT2D eigenvalue weighted by molar-refractivity contribution is 4.46. The second-order valence-electron chi connectivity index (χ2n) is 12.6. The van der Waals surface area contributed by atoms with Crippen molar-refractivity contribution >= 4 is 0 Å². The molecule has 0 aromatic rings. The van der Waals surface area contributed by atoms with E-state index in [1.807, 2.05) is 0 Å². The molecule has 25 heteroatoms. The topological polar surface area (TPSA) is 273 Å². The first-order valence-corrected chi connectivity index (χ1v) is 22.4. The van der Waals surface area contributed by atoms with E-state index in [1.165, 1.54) is 0 Å². The van der Waals surface area contributed by atoms with Gasteiger partial charge in [0.1, 0.15) is 6.79 Å². The molecule has 0 aromatic carbocycles. The van der Waals surface area contributed by atoms with Crippen LogP contribution in [0.4, 0.5) is 0 Å². The van der Waals surface area contributed by atoms with Crippen LogP contribution in [0.5, 0.6) is 0 Å². The predicted molar refractivity (Wildman–Crippen MR) is 233 cm³/mol. The highest BCUT2D eigenvalue weighted by Gasteiger charge is 1.99. The second-order valence-corrected chi connectivity index (χ2v) is 12.6. The Hall–Kier alpha value is -2.14. The molecule has 0 atom stereocenters. The molecular weight excluding hydrogens is 868 g/mol. The van der Waals surface area contributed by atoms with Crippen LogP contribution in [-0.4, -0.2) is 258 Å². The summed E-state index contributed by atoms with van der Waals surface area (Å²) in [5, 5.41) is 6.76. The molecule has 25 nitrogen and oxygen atoms in total. The molecular formula is C40H80N6O19. The van der Waals surface area contributed by atoms with E-state index in [9.17, 15) is 0 Å². The van der Waals surface area contributed by atoms with Gasteiger partial charge in [-0.15, -0.1) is 0 Å². The summed E-state index contributed by atoms with van der Waals surface area (Å²) in [6, 6.07) is 0. The van der Waals surface area contributed by atoms with Gasteiger partial charge in [-0.3, -0.25) is 0 Å². The van der Waals surface area contributed by atoms with E-state index in [0.717, 1.165) is 6.42 Å². The number of hydrogen-bond acceptors (Lipinski definition) is 21. The fraction of sp³-hybridized carbons (Fsp3) is 1.00. The smallest absolute Gasteiger partial charge is 0.146 e. The Morgan fingerprint density at radius 1 is 0.200 bits per heavy atom. The van der Waals surface area contributed by atoms with E-state index in [4.69, 9.17) is 101 Å². The van der Waals surface area contributed by atoms with Gasteiger partial charge in [0.05, 0.1) is 231 Å². The molecule has 0 rings (SSSR count). The molecule has 0 radical (unpaired) electrons. The van der Waals surface area contributed by atoms with Crippen LogP contribution in [0.25, 0.3) is 20.9 Å². The maximum Gasteiger partial charge on any atom is 0.146 e. The quantitative estimate of drug-likeness (QED) is 0.0278. The molecule has 0 aliphatic carbocycles. The highest BCUT2D eigenvalue weighted by atomic mass is 16.7. The Morgan fingerprint density at radius 2 is 0.354 bits per heavy atom. The molecule has 0 aliphatic heterocycles. The normalized spacial score (nSPS) is 11.3. The Labute approximate surface area is 384 Å². The first kappa shape index (κ1) is 62.9. The molecule has 0 saturated heterocycles. The van der Waals surface area contributed by atoms with Crippen LogP contribution in [0.3, 0.4) is 0 Å². The van der Waals surface area contributed by atoms with E-state index in [2.05, 4.69) is 20.1 Å². The maximum atomic E-state index is 8.16. The molecule has 0 spiro atoms. The number of rotatable bonds is 60. The van der Waals surface area contributed by atoms with Gasteiger partial charge in [0.15, 0.2) is 0 Å². The van der Waals surface area contributed by atoms with Gasteiger partial charge in [-0.2, -0.15) is 0 Å². The molecule has 0 amide bonds. The van der Waals surface area contributed by atoms with Crippen molar-refractivity contribution in [3.05, 3.63) is 20.9 Å². The molecule has 0 saturated carbocycles. The molecule has 0 fully saturated rings. The van der Waals surface area contributed by atoms with Crippen LogP contribution in [0.15, 0.2) is 10.2 Å². The summed E-state index contributed by atoms with van der Waals surface area (Å²) < 4.78 is 103. The van der Waals surface area contributed by atoms with Crippen LogP contribution < -0.4 is 0 Å². The summed E-state index contributed by atoms with van der Waals surface area (Å²) in [4.78, 5) is 5.30. The predicted octanol–water partition coefficient (Wildman–Crippen LogP) is 2.27. The van der Waals surface area contributed by atoms with Crippen molar-refractivity contribution in [3.63, 3.8) is 0 Å². The van der Waals surface area contributed by atoms with Crippen molar-refractivity contribution in [2.75, 3.05) is 258 Å². The third-order valence-corrected chi connectivity index (χ3v) is 7.49. The summed E-state index contributed by atoms with van der Waals surface area (Å²) >= 11 is 0. The Kier molecular flexibility index (Phi) is 59.8. The third-order valence-electron chi connectivity index (χ3n) is 7.49. The minimum absolute atomic E-state index is 0.203. The van der Waals surface area contributed by atoms with Crippen LogP contribution in [0, 0.1) is 0 Å². The lowest BCUT2D eigenvalue weighted by molar-refractivity contribution is -0.0762. The average Bonchev–Trinajstić information content (AvgIpc) is 3.32. The van der Waals surface area contributed by atoms with E-state index >= 15 is 0 Å². The first-order valence-electron chi connectivity index (χ1n) is 22.4. The monoisotopic (exact) mass is 949 g/mol. The van der Waals surface area contributed by atoms with Crippen LogP contribution in [-0.2, 0) is 90.0 Å². The largest absolute Gasteiger partial charge is 0.381 e. The zero-order valence-electron chi connectivity index (χ0n) is 38.7. The van der Waals surface area contributed by atoms with Crippen molar-refractivity contribution in [2.24, 2.45) is 10.2 Å². The number of ether oxygens (including phenoxy) is 19. The second kappa shape index (κ2) is 61.9. The zero-order chi connectivity index (χ0) is 46.5. The Bertz CT molecular complexity index is 923. The molecule has 0 aliphatic rings. The third kappa shape index (κ3) is 61.9. The summed E-state index contributed by atoms with van der Waals surface area (Å²) in [5.74, 6) is 0. The van der Waals surface area contributed by atoms with Crippen LogP contribution >= 0.6 is 0 Å². The van der Waals surface area contributed by atoms with Crippen LogP contribution in [0.1, 0.15) is 6.42 Å². The van der Waals surface area contributed by atoms with Gasteiger partial charge >= 0.3 is 0 Å². The molecule has 384 valence electrons. The fourth-order valence-electron chi connectivity index (χ4n) is 4.36. The Balaban J connectivity index is 3.07. The minimum Gasteiger partial charge on any atom is -0.381 e. The lowest BCUT2D eigenvalue weighted by Gasteiger charge is -2.09. The van der Waals surface area contributed by atoms with Crippen LogP contribution in [0.2, 0.25) is 0 Å². The van der Waals surface area contributed by atoms with E-state index in [0.29, 0.717) is 251 Å². The van der Waals surface area contributed by atoms with Gasteiger partial charge in [-0.1, -0.05) is 10.2 Å². The summed E-state index contributed by atoms with van der Waals surface area (Å²) in [6.07, 6.45) is 0.742. The maximum absolute atomic E-state index is 8.16. The number of hydrogen-bond donors (Lipinski definition) is 0. The van der Waals surface area contributed by atoms with Gasteiger partial charge in [0.25, 0.3) is 0 Å². The SMILES string of the molecule is [N-]=[N+]=NCCOCCCOCOCCOCCOCCOCCOCCOCCOCCOCCOCCOCCOCCOCCOCCOCCOCCOCCOCCN=[N+]=[N-]. The Morgan fingerprint density at radius 3 is 0.569 bits per heavy atom. The molecule has 65 heavy (non-hydrogen) atoms. The summed E-state index contributed by atoms with van der Waals surface area (Å²) in [6.45, 7) is 18.1. The van der Waals surface area contributed by atoms with E-state index in [-0.39, 0.29) is 6.79 Å². The molecule has 0 bridgehead atoms. The van der Waals surface area contributed by atoms with E-state index in [1.54, 1.807) is 0 Å². The highest BCUT2D eigenvalue weighted by Crippen LogP contribution is 1.91. The molecule has 0 N–H and O–H groups in total. The van der Waals surface area contributed by atoms with Crippen molar-refractivity contribution in [2.45, 2.75) is 6.42 Å². The average molecular weight is 949 g/mol. The van der Waals surface area contributed by atoms with E-state index < -0.39 is 0 Å². The van der Waals surface area contributed by atoms with Crippen molar-refractivity contribution in [3.8, 4) is 0 Å². The minimum atomic E-state index is 0.203.